The van der Waals surface area contributed by atoms with Gasteiger partial charge in [-0.2, -0.15) is 0 Å². The van der Waals surface area contributed by atoms with Gasteiger partial charge in [-0.3, -0.25) is 29.0 Å². The number of aliphatic hydroxyl groups excluding tert-OH is 1. The third-order valence-electron chi connectivity index (χ3n) is 16.2. The molecule has 1 N–H and O–H groups in total. The van der Waals surface area contributed by atoms with Crippen molar-refractivity contribution >= 4 is 65.3 Å². The van der Waals surface area contributed by atoms with Crippen LogP contribution in [-0.4, -0.2) is 68.1 Å². The second-order valence-electron chi connectivity index (χ2n) is 21.1. The van der Waals surface area contributed by atoms with Gasteiger partial charge in [0, 0.05) is 35.9 Å². The SMILES string of the molecule is COc1ccc([Si](C)(C)[C@H]2[C@H](CC(=O)N(CCO)Cc3ccccc3)O[C@@]3(C(=O)N(Cc4ccc(N5C(=O)c6ccccc6Oc6ccccc65)cc4)c4ccc(N5C(=O)c6ccccc6Oc6ccccc65)cc43)[C@@H]2C)cc1. The lowest BCUT2D eigenvalue weighted by Gasteiger charge is -2.37. The van der Waals surface area contributed by atoms with Crippen LogP contribution in [0.1, 0.15) is 50.8 Å². The number of amides is 4. The van der Waals surface area contributed by atoms with Crippen LogP contribution in [0.5, 0.6) is 28.7 Å². The molecular formula is C65H58N4O9Si. The molecule has 396 valence electrons. The molecule has 0 aliphatic carbocycles. The molecule has 4 heterocycles. The summed E-state index contributed by atoms with van der Waals surface area (Å²) in [5.74, 6) is 1.04. The minimum absolute atomic E-state index is 0.0556. The molecule has 1 spiro atoms. The number of aliphatic hydroxyl groups is 1. The van der Waals surface area contributed by atoms with E-state index in [1.54, 1.807) is 57.0 Å². The van der Waals surface area contributed by atoms with Crippen LogP contribution in [0, 0.1) is 5.92 Å². The van der Waals surface area contributed by atoms with E-state index in [0.29, 0.717) is 73.9 Å². The van der Waals surface area contributed by atoms with Gasteiger partial charge in [-0.15, -0.1) is 0 Å². The van der Waals surface area contributed by atoms with Gasteiger partial charge in [-0.05, 0) is 108 Å². The summed E-state index contributed by atoms with van der Waals surface area (Å²) in [6.45, 7) is 6.90. The predicted molar refractivity (Wildman–Crippen MR) is 306 cm³/mol. The molecule has 12 rings (SSSR count). The summed E-state index contributed by atoms with van der Waals surface area (Å²) in [4.78, 5) is 67.4. The zero-order valence-corrected chi connectivity index (χ0v) is 45.2. The van der Waals surface area contributed by atoms with Gasteiger partial charge in [0.1, 0.15) is 17.2 Å². The number of para-hydroxylation sites is 6. The molecule has 13 nitrogen and oxygen atoms in total. The average Bonchev–Trinajstić information content (AvgIpc) is 2.97. The molecule has 8 aromatic carbocycles. The molecule has 4 aliphatic heterocycles. The third-order valence-corrected chi connectivity index (χ3v) is 20.6. The molecular weight excluding hydrogens is 1010 g/mol. The highest BCUT2D eigenvalue weighted by atomic mass is 28.3. The minimum atomic E-state index is -2.77. The molecule has 14 heteroatoms. The molecule has 0 bridgehead atoms. The lowest BCUT2D eigenvalue weighted by atomic mass is 9.82. The molecule has 4 atom stereocenters. The van der Waals surface area contributed by atoms with Crippen molar-refractivity contribution in [1.29, 1.82) is 0 Å². The number of methoxy groups -OCH3 is 1. The van der Waals surface area contributed by atoms with Crippen molar-refractivity contribution in [3.63, 3.8) is 0 Å². The maximum Gasteiger partial charge on any atom is 0.266 e. The summed E-state index contributed by atoms with van der Waals surface area (Å²) in [5, 5.41) is 11.4. The fourth-order valence-corrected chi connectivity index (χ4v) is 16.4. The summed E-state index contributed by atoms with van der Waals surface area (Å²) in [6, 6.07) is 60.2. The third kappa shape index (κ3) is 8.82. The molecule has 0 saturated carbocycles. The maximum absolute atomic E-state index is 16.3. The molecule has 0 unspecified atom stereocenters. The fourth-order valence-electron chi connectivity index (χ4n) is 12.4. The van der Waals surface area contributed by atoms with Gasteiger partial charge in [-0.1, -0.05) is 128 Å². The molecule has 4 amide bonds. The van der Waals surface area contributed by atoms with Crippen molar-refractivity contribution in [2.24, 2.45) is 5.92 Å². The van der Waals surface area contributed by atoms with Crippen molar-refractivity contribution in [3.8, 4) is 28.7 Å². The Labute approximate surface area is 459 Å². The van der Waals surface area contributed by atoms with Gasteiger partial charge in [0.25, 0.3) is 17.7 Å². The van der Waals surface area contributed by atoms with Crippen LogP contribution in [0.15, 0.2) is 194 Å². The van der Waals surface area contributed by atoms with E-state index in [1.165, 1.54) is 0 Å². The number of fused-ring (bicyclic) bond motifs is 6. The Bertz CT molecular complexity index is 3670. The number of nitrogens with zero attached hydrogens (tertiary/aromatic N) is 4. The molecule has 8 aromatic rings. The van der Waals surface area contributed by atoms with Gasteiger partial charge in [0.2, 0.25) is 5.91 Å². The highest BCUT2D eigenvalue weighted by molar-refractivity contribution is 6.91. The number of anilines is 5. The van der Waals surface area contributed by atoms with Gasteiger partial charge in [0.05, 0.1) is 69.0 Å². The van der Waals surface area contributed by atoms with Crippen LogP contribution < -0.4 is 34.1 Å². The molecule has 4 aliphatic rings. The Morgan fingerprint density at radius 2 is 1.18 bits per heavy atom. The van der Waals surface area contributed by atoms with Gasteiger partial charge >= 0.3 is 0 Å². The first-order valence-electron chi connectivity index (χ1n) is 26.6. The molecule has 79 heavy (non-hydrogen) atoms. The highest BCUT2D eigenvalue weighted by Gasteiger charge is 2.66. The van der Waals surface area contributed by atoms with Crippen LogP contribution in [0.2, 0.25) is 18.6 Å². The summed E-state index contributed by atoms with van der Waals surface area (Å²) in [7, 11) is -1.13. The van der Waals surface area contributed by atoms with Crippen LogP contribution in [-0.2, 0) is 33.0 Å². The van der Waals surface area contributed by atoms with Crippen LogP contribution in [0.3, 0.4) is 0 Å². The Morgan fingerprint density at radius 1 is 0.633 bits per heavy atom. The Hall–Kier alpha value is -8.82. The first-order chi connectivity index (χ1) is 38.4. The second kappa shape index (κ2) is 20.5. The Balaban J connectivity index is 0.980. The van der Waals surface area contributed by atoms with Gasteiger partial charge in [-0.25, -0.2) is 0 Å². The van der Waals surface area contributed by atoms with E-state index in [4.69, 9.17) is 18.9 Å². The lowest BCUT2D eigenvalue weighted by molar-refractivity contribution is -0.150. The first kappa shape index (κ1) is 51.0. The van der Waals surface area contributed by atoms with E-state index in [-0.39, 0.29) is 61.8 Å². The average molecular weight is 1070 g/mol. The first-order valence-corrected chi connectivity index (χ1v) is 29.7. The largest absolute Gasteiger partial charge is 0.497 e. The zero-order chi connectivity index (χ0) is 54.6. The maximum atomic E-state index is 16.3. The number of carbonyl (C=O) groups is 4. The number of carbonyl (C=O) groups excluding carboxylic acids is 4. The summed E-state index contributed by atoms with van der Waals surface area (Å²) < 4.78 is 25.9. The molecule has 0 radical (unpaired) electrons. The number of rotatable bonds is 13. The predicted octanol–water partition coefficient (Wildman–Crippen LogP) is 12.0. The van der Waals surface area contributed by atoms with Crippen LogP contribution >= 0.6 is 0 Å². The van der Waals surface area contributed by atoms with Gasteiger partial charge < -0.3 is 33.9 Å². The molecule has 1 fully saturated rings. The topological polar surface area (TPSA) is 138 Å². The standard InChI is InChI=1S/C65H58N4O9Si/c1-42-61(79(3,4)48-33-31-47(75-2)32-34-48)59(39-60(71)66(36-37-70)40-43-16-6-5-7-17-43)78-65(42)51-38-46(69-54-21-11-15-25-58(54)77-56-23-13-9-19-50(56)63(69)73)30-35-52(51)67(64(65)74)41-44-26-28-45(29-27-44)68-53-20-10-14-24-57(53)76-55-22-12-8-18-49(55)62(68)72/h5-35,38,42,59,61,70H,36-37,39-41H2,1-4H3/t42-,59+,61-,65+/m1/s1. The Morgan fingerprint density at radius 3 is 1.77 bits per heavy atom. The van der Waals surface area contributed by atoms with Crippen molar-refractivity contribution in [1.82, 2.24) is 4.90 Å². The van der Waals surface area contributed by atoms with E-state index in [9.17, 15) is 14.7 Å². The molecule has 0 aromatic heterocycles. The van der Waals surface area contributed by atoms with Crippen molar-refractivity contribution in [3.05, 3.63) is 222 Å². The summed E-state index contributed by atoms with van der Waals surface area (Å²) >= 11 is 0. The Kier molecular flexibility index (Phi) is 13.2. The van der Waals surface area contributed by atoms with Crippen molar-refractivity contribution < 1.29 is 43.2 Å². The highest BCUT2D eigenvalue weighted by Crippen LogP contribution is 2.61. The van der Waals surface area contributed by atoms with Crippen LogP contribution in [0.4, 0.5) is 28.4 Å². The van der Waals surface area contributed by atoms with Crippen molar-refractivity contribution in [2.75, 3.05) is 35.0 Å². The van der Waals surface area contributed by atoms with E-state index < -0.39 is 25.7 Å². The molecule has 1 saturated heterocycles. The monoisotopic (exact) mass is 1070 g/mol. The van der Waals surface area contributed by atoms with E-state index >= 15 is 9.59 Å². The minimum Gasteiger partial charge on any atom is -0.497 e. The fraction of sp³-hybridized carbons (Fsp3) is 0.200. The van der Waals surface area contributed by atoms with Gasteiger partial charge in [0.15, 0.2) is 17.1 Å². The zero-order valence-electron chi connectivity index (χ0n) is 44.2. The quantitative estimate of drug-likeness (QED) is 0.112. The van der Waals surface area contributed by atoms with E-state index in [1.807, 2.05) is 152 Å². The summed E-state index contributed by atoms with van der Waals surface area (Å²) in [5.41, 5.74) is 3.94. The van der Waals surface area contributed by atoms with E-state index in [2.05, 4.69) is 32.2 Å². The second-order valence-corrected chi connectivity index (χ2v) is 25.7. The van der Waals surface area contributed by atoms with Crippen LogP contribution in [0.25, 0.3) is 0 Å². The normalized spacial score (nSPS) is 19.1. The van der Waals surface area contributed by atoms with Crippen molar-refractivity contribution in [2.45, 2.75) is 56.8 Å². The summed E-state index contributed by atoms with van der Waals surface area (Å²) in [6.07, 6.45) is -0.813. The smallest absolute Gasteiger partial charge is 0.266 e. The van der Waals surface area contributed by atoms with E-state index in [0.717, 1.165) is 16.3 Å². The lowest BCUT2D eigenvalue weighted by Crippen LogP contribution is -2.52. The number of ether oxygens (including phenoxy) is 4. The number of hydrogen-bond acceptors (Lipinski definition) is 9. The number of benzene rings is 8. The number of hydrogen-bond donors (Lipinski definition) is 1.